The molecule has 1 rings (SSSR count). The van der Waals surface area contributed by atoms with E-state index in [1.54, 1.807) is 25.1 Å². The first kappa shape index (κ1) is 14.0. The maximum atomic E-state index is 13.6. The van der Waals surface area contributed by atoms with Crippen molar-refractivity contribution >= 4 is 5.69 Å². The van der Waals surface area contributed by atoms with Crippen LogP contribution in [-0.4, -0.2) is 6.61 Å². The molecule has 94 valence electrons. The fraction of sp³-hybridized carbons (Fsp3) is 0.154. The molecule has 0 aliphatic heterocycles. The Bertz CT molecular complexity index is 616. The molecule has 0 fully saturated rings. The standard InChI is InChI=1S/C13H9FN4O/c1-2-19-13-10(14)4-3-5-11(13)18-12(8-17)9(6-15)7-16/h3-5,18H,2H2,1H3. The molecule has 0 amide bonds. The smallest absolute Gasteiger partial charge is 0.178 e. The lowest BCUT2D eigenvalue weighted by Gasteiger charge is -2.12. The quantitative estimate of drug-likeness (QED) is 0.835. The molecular formula is C13H9FN4O. The number of hydrogen-bond acceptors (Lipinski definition) is 5. The number of anilines is 1. The van der Waals surface area contributed by atoms with Gasteiger partial charge in [-0.1, -0.05) is 6.07 Å². The number of halogens is 1. The van der Waals surface area contributed by atoms with Gasteiger partial charge in [0, 0.05) is 0 Å². The highest BCUT2D eigenvalue weighted by Crippen LogP contribution is 2.29. The average Bonchev–Trinajstić information content (AvgIpc) is 2.42. The minimum atomic E-state index is -0.598. The Kier molecular flexibility index (Phi) is 4.90. The van der Waals surface area contributed by atoms with E-state index in [-0.39, 0.29) is 29.3 Å². The molecule has 1 aromatic rings. The number of rotatable bonds is 4. The Morgan fingerprint density at radius 1 is 1.26 bits per heavy atom. The van der Waals surface area contributed by atoms with Gasteiger partial charge in [-0.15, -0.1) is 0 Å². The van der Waals surface area contributed by atoms with Crippen LogP contribution in [0.15, 0.2) is 29.5 Å². The van der Waals surface area contributed by atoms with E-state index in [1.807, 2.05) is 0 Å². The van der Waals surface area contributed by atoms with Crippen LogP contribution in [0.4, 0.5) is 10.1 Å². The molecule has 0 aliphatic rings. The Morgan fingerprint density at radius 2 is 1.95 bits per heavy atom. The highest BCUT2D eigenvalue weighted by Gasteiger charge is 2.13. The van der Waals surface area contributed by atoms with Crippen LogP contribution in [0.3, 0.4) is 0 Å². The van der Waals surface area contributed by atoms with Gasteiger partial charge in [0.1, 0.15) is 23.9 Å². The molecule has 0 radical (unpaired) electrons. The van der Waals surface area contributed by atoms with Crippen molar-refractivity contribution in [1.29, 1.82) is 15.8 Å². The number of hydrogen-bond donors (Lipinski definition) is 1. The number of ether oxygens (including phenoxy) is 1. The first-order valence-electron chi connectivity index (χ1n) is 5.30. The molecule has 0 saturated carbocycles. The SMILES string of the molecule is CCOc1c(F)cccc1NC(C#N)=C(C#N)C#N. The zero-order valence-electron chi connectivity index (χ0n) is 10.1. The molecule has 0 unspecified atom stereocenters. The van der Waals surface area contributed by atoms with Crippen molar-refractivity contribution in [3.63, 3.8) is 0 Å². The van der Waals surface area contributed by atoms with Crippen molar-refractivity contribution in [2.75, 3.05) is 11.9 Å². The molecular weight excluding hydrogens is 247 g/mol. The third kappa shape index (κ3) is 3.21. The van der Waals surface area contributed by atoms with Crippen LogP contribution in [0.5, 0.6) is 5.75 Å². The highest BCUT2D eigenvalue weighted by atomic mass is 19.1. The number of nitrogens with zero attached hydrogens (tertiary/aromatic N) is 3. The van der Waals surface area contributed by atoms with Crippen LogP contribution >= 0.6 is 0 Å². The maximum absolute atomic E-state index is 13.6. The van der Waals surface area contributed by atoms with Crippen molar-refractivity contribution < 1.29 is 9.13 Å². The van der Waals surface area contributed by atoms with Crippen LogP contribution in [0, 0.1) is 39.8 Å². The Hall–Kier alpha value is -3.04. The summed E-state index contributed by atoms with van der Waals surface area (Å²) in [6.45, 7) is 1.93. The number of allylic oxidation sites excluding steroid dienone is 2. The predicted octanol–water partition coefficient (Wildman–Crippen LogP) is 2.46. The van der Waals surface area contributed by atoms with E-state index in [0.717, 1.165) is 0 Å². The molecule has 6 heteroatoms. The predicted molar refractivity (Wildman–Crippen MR) is 65.1 cm³/mol. The molecule has 5 nitrogen and oxygen atoms in total. The van der Waals surface area contributed by atoms with E-state index in [4.69, 9.17) is 20.5 Å². The third-order valence-corrected chi connectivity index (χ3v) is 2.10. The zero-order chi connectivity index (χ0) is 14.3. The largest absolute Gasteiger partial charge is 0.489 e. The van der Waals surface area contributed by atoms with E-state index in [9.17, 15) is 4.39 Å². The van der Waals surface area contributed by atoms with Crippen molar-refractivity contribution in [2.24, 2.45) is 0 Å². The summed E-state index contributed by atoms with van der Waals surface area (Å²) in [7, 11) is 0. The van der Waals surface area contributed by atoms with Gasteiger partial charge in [0.25, 0.3) is 0 Å². The molecule has 19 heavy (non-hydrogen) atoms. The van der Waals surface area contributed by atoms with Crippen LogP contribution in [0.2, 0.25) is 0 Å². The van der Waals surface area contributed by atoms with Gasteiger partial charge < -0.3 is 10.1 Å². The second-order valence-corrected chi connectivity index (χ2v) is 3.26. The molecule has 0 heterocycles. The lowest BCUT2D eigenvalue weighted by molar-refractivity contribution is 0.323. The first-order valence-corrected chi connectivity index (χ1v) is 5.30. The van der Waals surface area contributed by atoms with E-state index < -0.39 is 5.82 Å². The van der Waals surface area contributed by atoms with Gasteiger partial charge in [0.05, 0.1) is 12.3 Å². The summed E-state index contributed by atoms with van der Waals surface area (Å²) >= 11 is 0. The van der Waals surface area contributed by atoms with E-state index in [1.165, 1.54) is 18.2 Å². The number of nitriles is 3. The molecule has 0 spiro atoms. The van der Waals surface area contributed by atoms with Gasteiger partial charge in [-0.25, -0.2) is 4.39 Å². The topological polar surface area (TPSA) is 92.6 Å². The summed E-state index contributed by atoms with van der Waals surface area (Å²) in [6, 6.07) is 8.98. The van der Waals surface area contributed by atoms with Gasteiger partial charge >= 0.3 is 0 Å². The highest BCUT2D eigenvalue weighted by molar-refractivity contribution is 5.64. The van der Waals surface area contributed by atoms with Crippen molar-refractivity contribution in [3.05, 3.63) is 35.3 Å². The van der Waals surface area contributed by atoms with Gasteiger partial charge in [-0.05, 0) is 19.1 Å². The summed E-state index contributed by atoms with van der Waals surface area (Å²) in [6.07, 6.45) is 0. The molecule has 1 aromatic carbocycles. The third-order valence-electron chi connectivity index (χ3n) is 2.10. The normalized spacial score (nSPS) is 8.58. The fourth-order valence-electron chi connectivity index (χ4n) is 1.32. The Morgan fingerprint density at radius 3 is 2.47 bits per heavy atom. The van der Waals surface area contributed by atoms with Crippen LogP contribution in [0.1, 0.15) is 6.92 Å². The first-order chi connectivity index (χ1) is 9.17. The summed E-state index contributed by atoms with van der Waals surface area (Å²) in [4.78, 5) is 0. The number of benzene rings is 1. The summed E-state index contributed by atoms with van der Waals surface area (Å²) in [5, 5.41) is 28.8. The number of nitrogens with one attached hydrogen (secondary N) is 1. The molecule has 0 bridgehead atoms. The Labute approximate surface area is 109 Å². The van der Waals surface area contributed by atoms with Crippen LogP contribution < -0.4 is 10.1 Å². The molecule has 1 N–H and O–H groups in total. The van der Waals surface area contributed by atoms with Gasteiger partial charge in [-0.2, -0.15) is 15.8 Å². The van der Waals surface area contributed by atoms with E-state index >= 15 is 0 Å². The minimum Gasteiger partial charge on any atom is -0.489 e. The van der Waals surface area contributed by atoms with E-state index in [2.05, 4.69) is 5.32 Å². The lowest BCUT2D eigenvalue weighted by atomic mass is 10.2. The average molecular weight is 256 g/mol. The summed E-state index contributed by atoms with van der Waals surface area (Å²) < 4.78 is 18.7. The molecule has 0 saturated heterocycles. The Balaban J connectivity index is 3.24. The zero-order valence-corrected chi connectivity index (χ0v) is 10.1. The fourth-order valence-corrected chi connectivity index (χ4v) is 1.32. The summed E-state index contributed by atoms with van der Waals surface area (Å²) in [5.41, 5.74) is -0.452. The summed E-state index contributed by atoms with van der Waals surface area (Å²) in [5.74, 6) is -0.660. The molecule has 0 atom stereocenters. The van der Waals surface area contributed by atoms with Crippen molar-refractivity contribution in [1.82, 2.24) is 0 Å². The van der Waals surface area contributed by atoms with Crippen molar-refractivity contribution in [3.8, 4) is 24.0 Å². The van der Waals surface area contributed by atoms with Crippen LogP contribution in [-0.2, 0) is 0 Å². The minimum absolute atomic E-state index is 0.0621. The number of para-hydroxylation sites is 1. The van der Waals surface area contributed by atoms with E-state index in [0.29, 0.717) is 0 Å². The van der Waals surface area contributed by atoms with Crippen LogP contribution in [0.25, 0.3) is 0 Å². The van der Waals surface area contributed by atoms with Gasteiger partial charge in [0.2, 0.25) is 0 Å². The van der Waals surface area contributed by atoms with Gasteiger partial charge in [0.15, 0.2) is 17.1 Å². The monoisotopic (exact) mass is 256 g/mol. The van der Waals surface area contributed by atoms with Crippen molar-refractivity contribution in [2.45, 2.75) is 6.92 Å². The second-order valence-electron chi connectivity index (χ2n) is 3.26. The molecule has 0 aliphatic carbocycles. The lowest BCUT2D eigenvalue weighted by Crippen LogP contribution is -2.05. The maximum Gasteiger partial charge on any atom is 0.178 e. The van der Waals surface area contributed by atoms with Gasteiger partial charge in [-0.3, -0.25) is 0 Å². The second kappa shape index (κ2) is 6.64. The molecule has 0 aromatic heterocycles.